The van der Waals surface area contributed by atoms with E-state index in [9.17, 15) is 4.79 Å². The number of nitrogens with one attached hydrogen (secondary N) is 1. The fraction of sp³-hybridized carbons (Fsp3) is 0.667. The summed E-state index contributed by atoms with van der Waals surface area (Å²) in [5.41, 5.74) is 2.13. The molecule has 1 aliphatic carbocycles. The third-order valence-electron chi connectivity index (χ3n) is 5.13. The van der Waals surface area contributed by atoms with Crippen molar-refractivity contribution in [1.29, 1.82) is 0 Å². The largest absolute Gasteiger partial charge is 0.364 e. The fourth-order valence-electron chi connectivity index (χ4n) is 3.73. The lowest BCUT2D eigenvalue weighted by molar-refractivity contribution is 0.0607. The zero-order chi connectivity index (χ0) is 12.8. The first-order chi connectivity index (χ1) is 9.33. The molecule has 1 aromatic rings. The van der Waals surface area contributed by atoms with Crippen molar-refractivity contribution < 1.29 is 4.79 Å². The molecule has 1 saturated carbocycles. The normalized spacial score (nSPS) is 30.4. The molecule has 3 heterocycles. The number of hydrogen-bond donors (Lipinski definition) is 1. The van der Waals surface area contributed by atoms with Crippen molar-refractivity contribution in [3.63, 3.8) is 0 Å². The Balaban J connectivity index is 1.58. The quantitative estimate of drug-likeness (QED) is 0.880. The maximum atomic E-state index is 12.8. The van der Waals surface area contributed by atoms with E-state index in [1.165, 1.54) is 25.0 Å². The molecule has 1 amide bonds. The highest BCUT2D eigenvalue weighted by atomic mass is 16.2. The minimum absolute atomic E-state index is 0.259. The third kappa shape index (κ3) is 1.81. The van der Waals surface area contributed by atoms with Gasteiger partial charge in [-0.1, -0.05) is 6.42 Å². The summed E-state index contributed by atoms with van der Waals surface area (Å²) in [6, 6.07) is 2.43. The number of H-pyrrole nitrogens is 1. The van der Waals surface area contributed by atoms with Crippen molar-refractivity contribution >= 4 is 5.91 Å². The second kappa shape index (κ2) is 4.37. The highest BCUT2D eigenvalue weighted by molar-refractivity contribution is 5.96. The van der Waals surface area contributed by atoms with Gasteiger partial charge < -0.3 is 9.88 Å². The molecule has 2 saturated heterocycles. The summed E-state index contributed by atoms with van der Waals surface area (Å²) in [6.45, 7) is 4.19. The van der Waals surface area contributed by atoms with Crippen molar-refractivity contribution in [1.82, 2.24) is 14.8 Å². The van der Waals surface area contributed by atoms with E-state index in [4.69, 9.17) is 0 Å². The highest BCUT2D eigenvalue weighted by Gasteiger charge is 2.37. The number of piperazine rings is 1. The first-order valence-electron chi connectivity index (χ1n) is 7.53. The van der Waals surface area contributed by atoms with E-state index < -0.39 is 0 Å². The van der Waals surface area contributed by atoms with Gasteiger partial charge in [-0.15, -0.1) is 0 Å². The van der Waals surface area contributed by atoms with Crippen molar-refractivity contribution in [2.45, 2.75) is 37.6 Å². The number of rotatable bonds is 2. The van der Waals surface area contributed by atoms with Gasteiger partial charge in [-0.05, 0) is 31.2 Å². The Morgan fingerprint density at radius 1 is 1.21 bits per heavy atom. The lowest BCUT2D eigenvalue weighted by Crippen LogP contribution is -2.49. The maximum Gasteiger partial charge on any atom is 0.256 e. The number of carbonyl (C=O) groups is 1. The lowest BCUT2D eigenvalue weighted by atomic mass is 9.81. The SMILES string of the molecule is O=C(c1cc[nH]c1C1CCC1)N1CCN2CCC1C2. The number of aromatic nitrogens is 1. The van der Waals surface area contributed by atoms with E-state index in [0.29, 0.717) is 12.0 Å². The standard InChI is InChI=1S/C15H21N3O/c19-15(18-9-8-17-7-5-12(18)10-17)13-4-6-16-14(13)11-2-1-3-11/h4,6,11-12,16H,1-3,5,7-10H2. The number of hydrogen-bond acceptors (Lipinski definition) is 2. The van der Waals surface area contributed by atoms with Crippen LogP contribution in [0, 0.1) is 0 Å². The van der Waals surface area contributed by atoms with Crippen molar-refractivity contribution in [2.75, 3.05) is 26.2 Å². The van der Waals surface area contributed by atoms with Crippen LogP contribution in [0.4, 0.5) is 0 Å². The monoisotopic (exact) mass is 259 g/mol. The molecule has 0 spiro atoms. The first-order valence-corrected chi connectivity index (χ1v) is 7.53. The van der Waals surface area contributed by atoms with E-state index in [2.05, 4.69) is 14.8 Å². The fourth-order valence-corrected chi connectivity index (χ4v) is 3.73. The molecule has 3 fully saturated rings. The van der Waals surface area contributed by atoms with Gasteiger partial charge in [0.05, 0.1) is 5.56 Å². The van der Waals surface area contributed by atoms with E-state index in [0.717, 1.165) is 38.2 Å². The number of fused-ring (bicyclic) bond motifs is 2. The van der Waals surface area contributed by atoms with Crippen LogP contribution in [-0.4, -0.2) is 52.9 Å². The predicted molar refractivity (Wildman–Crippen MR) is 73.3 cm³/mol. The molecule has 2 aliphatic heterocycles. The molecule has 1 aromatic heterocycles. The molecule has 1 N–H and O–H groups in total. The molecule has 2 bridgehead atoms. The number of aromatic amines is 1. The molecule has 4 rings (SSSR count). The van der Waals surface area contributed by atoms with Crippen molar-refractivity contribution in [3.05, 3.63) is 23.5 Å². The number of carbonyl (C=O) groups excluding carboxylic acids is 1. The zero-order valence-electron chi connectivity index (χ0n) is 11.3. The number of amides is 1. The van der Waals surface area contributed by atoms with Crippen LogP contribution >= 0.6 is 0 Å². The van der Waals surface area contributed by atoms with E-state index in [-0.39, 0.29) is 5.91 Å². The van der Waals surface area contributed by atoms with E-state index >= 15 is 0 Å². The Hall–Kier alpha value is -1.29. The average Bonchev–Trinajstić information content (AvgIpc) is 2.95. The number of nitrogens with zero attached hydrogens (tertiary/aromatic N) is 2. The Morgan fingerprint density at radius 2 is 2.11 bits per heavy atom. The van der Waals surface area contributed by atoms with Crippen LogP contribution in [0.5, 0.6) is 0 Å². The van der Waals surface area contributed by atoms with E-state index in [1.54, 1.807) is 0 Å². The van der Waals surface area contributed by atoms with Crippen LogP contribution in [-0.2, 0) is 0 Å². The average molecular weight is 259 g/mol. The second-order valence-electron chi connectivity index (χ2n) is 6.17. The Kier molecular flexibility index (Phi) is 2.65. The van der Waals surface area contributed by atoms with Gasteiger partial charge in [-0.3, -0.25) is 9.69 Å². The lowest BCUT2D eigenvalue weighted by Gasteiger charge is -2.35. The topological polar surface area (TPSA) is 39.3 Å². The molecule has 0 radical (unpaired) electrons. The summed E-state index contributed by atoms with van der Waals surface area (Å²) in [5.74, 6) is 0.855. The summed E-state index contributed by atoms with van der Waals surface area (Å²) in [7, 11) is 0. The van der Waals surface area contributed by atoms with E-state index in [1.807, 2.05) is 12.3 Å². The van der Waals surface area contributed by atoms with Gasteiger partial charge in [-0.2, -0.15) is 0 Å². The molecule has 3 aliphatic rings. The summed E-state index contributed by atoms with van der Waals surface area (Å²) < 4.78 is 0. The summed E-state index contributed by atoms with van der Waals surface area (Å²) in [6.07, 6.45) is 6.86. The van der Waals surface area contributed by atoms with Crippen molar-refractivity contribution in [3.8, 4) is 0 Å². The summed E-state index contributed by atoms with van der Waals surface area (Å²) >= 11 is 0. The Bertz CT molecular complexity index is 491. The Labute approximate surface area is 113 Å². The molecule has 4 nitrogen and oxygen atoms in total. The highest BCUT2D eigenvalue weighted by Crippen LogP contribution is 2.37. The molecule has 2 unspecified atom stereocenters. The predicted octanol–water partition coefficient (Wildman–Crippen LogP) is 1.81. The molecule has 19 heavy (non-hydrogen) atoms. The van der Waals surface area contributed by atoms with Crippen LogP contribution < -0.4 is 0 Å². The van der Waals surface area contributed by atoms with Gasteiger partial charge in [0, 0.05) is 44.1 Å². The van der Waals surface area contributed by atoms with Gasteiger partial charge in [0.15, 0.2) is 0 Å². The molecular weight excluding hydrogens is 238 g/mol. The van der Waals surface area contributed by atoms with Crippen LogP contribution in [0.2, 0.25) is 0 Å². The molecule has 102 valence electrons. The van der Waals surface area contributed by atoms with Crippen molar-refractivity contribution in [2.24, 2.45) is 0 Å². The summed E-state index contributed by atoms with van der Waals surface area (Å²) in [5, 5.41) is 0. The zero-order valence-corrected chi connectivity index (χ0v) is 11.3. The maximum absolute atomic E-state index is 12.8. The molecule has 0 aromatic carbocycles. The van der Waals surface area contributed by atoms with Gasteiger partial charge in [-0.25, -0.2) is 0 Å². The van der Waals surface area contributed by atoms with Crippen LogP contribution in [0.1, 0.15) is 47.7 Å². The minimum atomic E-state index is 0.259. The van der Waals surface area contributed by atoms with Gasteiger partial charge >= 0.3 is 0 Å². The van der Waals surface area contributed by atoms with Gasteiger partial charge in [0.1, 0.15) is 0 Å². The van der Waals surface area contributed by atoms with Gasteiger partial charge in [0.2, 0.25) is 0 Å². The van der Waals surface area contributed by atoms with Crippen LogP contribution in [0.3, 0.4) is 0 Å². The van der Waals surface area contributed by atoms with Gasteiger partial charge in [0.25, 0.3) is 5.91 Å². The minimum Gasteiger partial charge on any atom is -0.364 e. The molecular formula is C15H21N3O. The molecule has 2 atom stereocenters. The first kappa shape index (κ1) is 11.5. The molecule has 4 heteroatoms. The van der Waals surface area contributed by atoms with Crippen LogP contribution in [0.15, 0.2) is 12.3 Å². The second-order valence-corrected chi connectivity index (χ2v) is 6.17. The van der Waals surface area contributed by atoms with Crippen LogP contribution in [0.25, 0.3) is 0 Å². The third-order valence-corrected chi connectivity index (χ3v) is 5.13. The smallest absolute Gasteiger partial charge is 0.256 e. The Morgan fingerprint density at radius 3 is 2.89 bits per heavy atom. The summed E-state index contributed by atoms with van der Waals surface area (Å²) in [4.78, 5) is 20.7.